The number of nitrogens with zero attached hydrogens (tertiary/aromatic N) is 1. The molecule has 116 valence electrons. The lowest BCUT2D eigenvalue weighted by molar-refractivity contribution is -0.133. The number of carbonyl (C=O) groups excluding carboxylic acids is 1. The van der Waals surface area contributed by atoms with Gasteiger partial charge < -0.3 is 10.6 Å². The summed E-state index contributed by atoms with van der Waals surface area (Å²) in [6, 6.07) is 5.75. The van der Waals surface area contributed by atoms with E-state index in [1.807, 2.05) is 17.0 Å². The van der Waals surface area contributed by atoms with Crippen LogP contribution >= 0.6 is 35.6 Å². The van der Waals surface area contributed by atoms with Crippen molar-refractivity contribution in [3.63, 3.8) is 0 Å². The fourth-order valence-electron chi connectivity index (χ4n) is 3.06. The van der Waals surface area contributed by atoms with Crippen LogP contribution in [0.3, 0.4) is 0 Å². The Morgan fingerprint density at radius 1 is 1.33 bits per heavy atom. The Hall–Kier alpha value is -0.480. The molecule has 0 bridgehead atoms. The lowest BCUT2D eigenvalue weighted by Gasteiger charge is -2.31. The highest BCUT2D eigenvalue weighted by molar-refractivity contribution is 6.42. The number of benzene rings is 1. The summed E-state index contributed by atoms with van der Waals surface area (Å²) in [5, 5.41) is 1.15. The van der Waals surface area contributed by atoms with Crippen LogP contribution in [0, 0.1) is 5.92 Å². The Bertz CT molecular complexity index is 538. The normalized spacial score (nSPS) is 28.0. The Kier molecular flexibility index (Phi) is 5.42. The fraction of sp³-hybridized carbons (Fsp3) is 0.533. The highest BCUT2D eigenvalue weighted by Crippen LogP contribution is 2.51. The summed E-state index contributed by atoms with van der Waals surface area (Å²) in [4.78, 5) is 14.4. The molecule has 0 aromatic heterocycles. The lowest BCUT2D eigenvalue weighted by Crippen LogP contribution is -2.46. The van der Waals surface area contributed by atoms with E-state index in [0.29, 0.717) is 16.6 Å². The van der Waals surface area contributed by atoms with E-state index in [2.05, 4.69) is 0 Å². The van der Waals surface area contributed by atoms with Gasteiger partial charge in [0.15, 0.2) is 0 Å². The largest absolute Gasteiger partial charge is 0.341 e. The van der Waals surface area contributed by atoms with Crippen molar-refractivity contribution in [3.8, 4) is 0 Å². The zero-order chi connectivity index (χ0) is 14.3. The van der Waals surface area contributed by atoms with Gasteiger partial charge in [0.1, 0.15) is 0 Å². The first-order valence-electron chi connectivity index (χ1n) is 7.06. The molecule has 1 aliphatic carbocycles. The number of hydrogen-bond acceptors (Lipinski definition) is 2. The quantitative estimate of drug-likeness (QED) is 0.888. The number of nitrogens with two attached hydrogens (primary N) is 1. The number of likely N-dealkylation sites (tertiary alicyclic amines) is 1. The molecule has 1 amide bonds. The zero-order valence-electron chi connectivity index (χ0n) is 11.6. The highest BCUT2D eigenvalue weighted by atomic mass is 35.5. The molecule has 0 radical (unpaired) electrons. The Labute approximate surface area is 141 Å². The van der Waals surface area contributed by atoms with Crippen molar-refractivity contribution in [2.45, 2.75) is 31.2 Å². The molecule has 1 aliphatic heterocycles. The number of hydrogen-bond donors (Lipinski definition) is 1. The van der Waals surface area contributed by atoms with Crippen molar-refractivity contribution in [2.24, 2.45) is 11.7 Å². The monoisotopic (exact) mass is 348 g/mol. The molecule has 2 N–H and O–H groups in total. The van der Waals surface area contributed by atoms with Gasteiger partial charge in [-0.1, -0.05) is 35.3 Å². The van der Waals surface area contributed by atoms with Crippen molar-refractivity contribution < 1.29 is 4.79 Å². The Balaban J connectivity index is 0.00000161. The summed E-state index contributed by atoms with van der Waals surface area (Å²) in [6.45, 7) is 1.52. The standard InChI is InChI=1S/C15H18Cl2N2O.ClH/c16-13-5-1-4-10(14(13)17)11-7-12(11)15(20)19-6-2-3-9(18)8-19;/h1,4-5,9,11-12H,2-3,6-8,18H2;1H. The molecule has 3 unspecified atom stereocenters. The summed E-state index contributed by atoms with van der Waals surface area (Å²) in [5.74, 6) is 0.490. The van der Waals surface area contributed by atoms with E-state index in [0.717, 1.165) is 31.4 Å². The minimum absolute atomic E-state index is 0. The predicted octanol–water partition coefficient (Wildman–Crippen LogP) is 3.47. The molecule has 3 nitrogen and oxygen atoms in total. The van der Waals surface area contributed by atoms with Gasteiger partial charge in [0.2, 0.25) is 5.91 Å². The number of piperidine rings is 1. The van der Waals surface area contributed by atoms with Crippen LogP contribution in [0.4, 0.5) is 0 Å². The van der Waals surface area contributed by atoms with Gasteiger partial charge in [-0.2, -0.15) is 0 Å². The summed E-state index contributed by atoms with van der Waals surface area (Å²) < 4.78 is 0. The summed E-state index contributed by atoms with van der Waals surface area (Å²) in [5.41, 5.74) is 6.94. The van der Waals surface area contributed by atoms with E-state index >= 15 is 0 Å². The summed E-state index contributed by atoms with van der Waals surface area (Å²) in [6.07, 6.45) is 2.88. The average Bonchev–Trinajstić information content (AvgIpc) is 3.21. The van der Waals surface area contributed by atoms with Crippen LogP contribution in [0.2, 0.25) is 10.0 Å². The molecule has 1 saturated heterocycles. The van der Waals surface area contributed by atoms with Gasteiger partial charge in [0.25, 0.3) is 0 Å². The molecule has 1 saturated carbocycles. The van der Waals surface area contributed by atoms with Crippen molar-refractivity contribution in [1.82, 2.24) is 4.90 Å². The fourth-order valence-corrected chi connectivity index (χ4v) is 3.51. The highest BCUT2D eigenvalue weighted by Gasteiger charge is 2.47. The maximum absolute atomic E-state index is 12.5. The molecule has 3 atom stereocenters. The van der Waals surface area contributed by atoms with Crippen LogP contribution in [0.25, 0.3) is 0 Å². The zero-order valence-corrected chi connectivity index (χ0v) is 13.9. The molecule has 3 rings (SSSR count). The third-order valence-electron chi connectivity index (χ3n) is 4.26. The van der Waals surface area contributed by atoms with Gasteiger partial charge in [-0.3, -0.25) is 4.79 Å². The first-order chi connectivity index (χ1) is 9.58. The van der Waals surface area contributed by atoms with Gasteiger partial charge in [0, 0.05) is 25.0 Å². The molecule has 0 spiro atoms. The van der Waals surface area contributed by atoms with Crippen LogP contribution in [-0.4, -0.2) is 29.9 Å². The van der Waals surface area contributed by atoms with Gasteiger partial charge >= 0.3 is 0 Å². The molecule has 1 aromatic carbocycles. The van der Waals surface area contributed by atoms with Gasteiger partial charge in [0.05, 0.1) is 10.0 Å². The second-order valence-corrected chi connectivity index (χ2v) is 6.56. The molecule has 21 heavy (non-hydrogen) atoms. The number of amides is 1. The minimum Gasteiger partial charge on any atom is -0.341 e. The maximum Gasteiger partial charge on any atom is 0.226 e. The van der Waals surface area contributed by atoms with Crippen LogP contribution in [-0.2, 0) is 4.79 Å². The summed E-state index contributed by atoms with van der Waals surface area (Å²) >= 11 is 12.3. The van der Waals surface area contributed by atoms with E-state index in [9.17, 15) is 4.79 Å². The van der Waals surface area contributed by atoms with Crippen molar-refractivity contribution in [1.29, 1.82) is 0 Å². The molecule has 2 aliphatic rings. The average molecular weight is 350 g/mol. The van der Waals surface area contributed by atoms with Crippen molar-refractivity contribution in [2.75, 3.05) is 13.1 Å². The lowest BCUT2D eigenvalue weighted by atomic mass is 10.0. The second-order valence-electron chi connectivity index (χ2n) is 5.78. The molecule has 1 heterocycles. The van der Waals surface area contributed by atoms with Gasteiger partial charge in [-0.25, -0.2) is 0 Å². The molecule has 1 aromatic rings. The number of carbonyl (C=O) groups is 1. The SMILES string of the molecule is Cl.NC1CCCN(C(=O)C2CC2c2cccc(Cl)c2Cl)C1. The van der Waals surface area contributed by atoms with Gasteiger partial charge in [-0.15, -0.1) is 12.4 Å². The third kappa shape index (κ3) is 3.48. The summed E-state index contributed by atoms with van der Waals surface area (Å²) in [7, 11) is 0. The molecule has 2 fully saturated rings. The van der Waals surface area contributed by atoms with E-state index in [4.69, 9.17) is 28.9 Å². The minimum atomic E-state index is 0. The van der Waals surface area contributed by atoms with Crippen molar-refractivity contribution >= 4 is 41.5 Å². The van der Waals surface area contributed by atoms with E-state index in [1.165, 1.54) is 0 Å². The smallest absolute Gasteiger partial charge is 0.226 e. The number of halogens is 3. The van der Waals surface area contributed by atoms with E-state index < -0.39 is 0 Å². The Morgan fingerprint density at radius 2 is 2.10 bits per heavy atom. The van der Waals surface area contributed by atoms with Gasteiger partial charge in [-0.05, 0) is 36.8 Å². The van der Waals surface area contributed by atoms with E-state index in [1.54, 1.807) is 6.07 Å². The first kappa shape index (κ1) is 16.9. The topological polar surface area (TPSA) is 46.3 Å². The van der Waals surface area contributed by atoms with Crippen LogP contribution in [0.15, 0.2) is 18.2 Å². The van der Waals surface area contributed by atoms with Crippen LogP contribution in [0.1, 0.15) is 30.7 Å². The Morgan fingerprint density at radius 3 is 2.81 bits per heavy atom. The predicted molar refractivity (Wildman–Crippen MR) is 88.3 cm³/mol. The first-order valence-corrected chi connectivity index (χ1v) is 7.82. The van der Waals surface area contributed by atoms with E-state index in [-0.39, 0.29) is 36.2 Å². The van der Waals surface area contributed by atoms with Crippen LogP contribution in [0.5, 0.6) is 0 Å². The second kappa shape index (κ2) is 6.74. The van der Waals surface area contributed by atoms with Crippen LogP contribution < -0.4 is 5.73 Å². The molecular weight excluding hydrogens is 331 g/mol. The molecule has 6 heteroatoms. The maximum atomic E-state index is 12.5. The third-order valence-corrected chi connectivity index (χ3v) is 5.09. The van der Waals surface area contributed by atoms with Crippen molar-refractivity contribution in [3.05, 3.63) is 33.8 Å². The number of rotatable bonds is 2. The molecular formula is C15H19Cl3N2O.